The number of nitrogens with zero attached hydrogens (tertiary/aromatic N) is 1. The van der Waals surface area contributed by atoms with E-state index < -0.39 is 11.8 Å². The molecule has 128 valence electrons. The molecular formula is C17H22N4O3. The number of ketones is 1. The Labute approximate surface area is 140 Å². The van der Waals surface area contributed by atoms with E-state index in [2.05, 4.69) is 10.6 Å². The van der Waals surface area contributed by atoms with Crippen LogP contribution in [0.3, 0.4) is 0 Å². The van der Waals surface area contributed by atoms with E-state index in [1.54, 1.807) is 0 Å². The molecule has 1 fully saturated rings. The molecule has 0 bridgehead atoms. The number of nitrogens with one attached hydrogen (secondary N) is 2. The summed E-state index contributed by atoms with van der Waals surface area (Å²) in [4.78, 5) is 37.7. The molecule has 3 rings (SSSR count). The maximum absolute atomic E-state index is 12.4. The van der Waals surface area contributed by atoms with E-state index in [9.17, 15) is 14.4 Å². The molecule has 0 spiro atoms. The van der Waals surface area contributed by atoms with Crippen molar-refractivity contribution in [1.82, 2.24) is 10.2 Å². The molecule has 0 radical (unpaired) electrons. The largest absolute Gasteiger partial charge is 0.383 e. The number of amides is 1. The van der Waals surface area contributed by atoms with Crippen molar-refractivity contribution in [3.8, 4) is 0 Å². The summed E-state index contributed by atoms with van der Waals surface area (Å²) in [5, 5.41) is 6.07. The number of aldehydes is 1. The van der Waals surface area contributed by atoms with Crippen LogP contribution in [0.4, 0.5) is 5.69 Å². The van der Waals surface area contributed by atoms with Crippen molar-refractivity contribution >= 4 is 23.7 Å². The minimum absolute atomic E-state index is 0.0748. The van der Waals surface area contributed by atoms with Crippen LogP contribution in [0.2, 0.25) is 0 Å². The first-order valence-electron chi connectivity index (χ1n) is 8.25. The summed E-state index contributed by atoms with van der Waals surface area (Å²) in [5.41, 5.74) is 8.12. The van der Waals surface area contributed by atoms with Crippen LogP contribution in [0.25, 0.3) is 0 Å². The average Bonchev–Trinajstić information content (AvgIpc) is 2.99. The van der Waals surface area contributed by atoms with Gasteiger partial charge in [-0.3, -0.25) is 19.3 Å². The first kappa shape index (κ1) is 16.6. The summed E-state index contributed by atoms with van der Waals surface area (Å²) in [6.45, 7) is 2.18. The summed E-state index contributed by atoms with van der Waals surface area (Å²) in [6.07, 6.45) is 1.91. The fourth-order valence-electron chi connectivity index (χ4n) is 3.62. The van der Waals surface area contributed by atoms with Gasteiger partial charge in [-0.2, -0.15) is 0 Å². The minimum Gasteiger partial charge on any atom is -0.383 e. The summed E-state index contributed by atoms with van der Waals surface area (Å²) in [7, 11) is 0. The third-order valence-corrected chi connectivity index (χ3v) is 4.66. The Kier molecular flexibility index (Phi) is 4.92. The van der Waals surface area contributed by atoms with Crippen LogP contribution in [0.15, 0.2) is 18.2 Å². The molecule has 1 saturated heterocycles. The predicted molar refractivity (Wildman–Crippen MR) is 89.4 cm³/mol. The standard InChI is InChI=1S/C17H22N4O3/c18-6-8-19-12-4-1-3-11-9-21(13-5-2-7-20-17(13)24)16(15(11)12)14(23)10-22/h1,3-4,10,13,16,19H,2,5-9,18H2,(H,20,24). The van der Waals surface area contributed by atoms with Crippen LogP contribution in [0.5, 0.6) is 0 Å². The van der Waals surface area contributed by atoms with E-state index >= 15 is 0 Å². The van der Waals surface area contributed by atoms with Crippen LogP contribution < -0.4 is 16.4 Å². The molecule has 1 aromatic rings. The fraction of sp³-hybridized carbons (Fsp3) is 0.471. The number of hydrogen-bond acceptors (Lipinski definition) is 6. The van der Waals surface area contributed by atoms with E-state index in [0.29, 0.717) is 38.9 Å². The number of hydrogen-bond donors (Lipinski definition) is 3. The third kappa shape index (κ3) is 2.92. The highest BCUT2D eigenvalue weighted by Crippen LogP contribution is 2.41. The number of carbonyl (C=O) groups excluding carboxylic acids is 3. The lowest BCUT2D eigenvalue weighted by atomic mass is 9.97. The normalized spacial score (nSPS) is 23.5. The lowest BCUT2D eigenvalue weighted by Gasteiger charge is -2.33. The SMILES string of the molecule is NCCNc1cccc2c1C(C(=O)C=O)N(C1CCCNC1=O)C2. The van der Waals surface area contributed by atoms with Gasteiger partial charge in [0.1, 0.15) is 6.04 Å². The Balaban J connectivity index is 1.99. The van der Waals surface area contributed by atoms with Crippen molar-refractivity contribution in [1.29, 1.82) is 0 Å². The fourth-order valence-corrected chi connectivity index (χ4v) is 3.62. The molecule has 7 heteroatoms. The van der Waals surface area contributed by atoms with Gasteiger partial charge in [0.05, 0.1) is 6.04 Å². The van der Waals surface area contributed by atoms with Crippen molar-refractivity contribution in [3.05, 3.63) is 29.3 Å². The number of Topliss-reactive ketones (excluding diaryl/α,β-unsaturated/α-hetero) is 1. The van der Waals surface area contributed by atoms with Gasteiger partial charge in [-0.25, -0.2) is 0 Å². The highest BCUT2D eigenvalue weighted by atomic mass is 16.2. The van der Waals surface area contributed by atoms with E-state index in [4.69, 9.17) is 5.73 Å². The summed E-state index contributed by atoms with van der Waals surface area (Å²) in [6, 6.07) is 4.62. The minimum atomic E-state index is -0.715. The van der Waals surface area contributed by atoms with Crippen LogP contribution in [-0.2, 0) is 20.9 Å². The number of piperidine rings is 1. The maximum atomic E-state index is 12.4. The lowest BCUT2D eigenvalue weighted by Crippen LogP contribution is -2.50. The number of benzene rings is 1. The van der Waals surface area contributed by atoms with Crippen molar-refractivity contribution in [2.75, 3.05) is 25.0 Å². The van der Waals surface area contributed by atoms with Crippen LogP contribution in [0, 0.1) is 0 Å². The molecule has 2 atom stereocenters. The van der Waals surface area contributed by atoms with Gasteiger partial charge in [0.25, 0.3) is 0 Å². The molecule has 7 nitrogen and oxygen atoms in total. The van der Waals surface area contributed by atoms with Crippen LogP contribution in [-0.4, -0.2) is 48.6 Å². The maximum Gasteiger partial charge on any atom is 0.237 e. The van der Waals surface area contributed by atoms with E-state index in [0.717, 1.165) is 23.2 Å². The number of carbonyl (C=O) groups is 3. The predicted octanol–water partition coefficient (Wildman–Crippen LogP) is -0.0395. The Morgan fingerprint density at radius 3 is 3.00 bits per heavy atom. The van der Waals surface area contributed by atoms with Gasteiger partial charge in [-0.05, 0) is 24.5 Å². The zero-order valence-electron chi connectivity index (χ0n) is 13.5. The quantitative estimate of drug-likeness (QED) is 0.499. The first-order valence-corrected chi connectivity index (χ1v) is 8.25. The summed E-state index contributed by atoms with van der Waals surface area (Å²) >= 11 is 0. The number of anilines is 1. The number of rotatable bonds is 6. The molecular weight excluding hydrogens is 308 g/mol. The second-order valence-corrected chi connectivity index (χ2v) is 6.14. The molecule has 4 N–H and O–H groups in total. The van der Waals surface area contributed by atoms with Gasteiger partial charge in [0.15, 0.2) is 6.29 Å². The lowest BCUT2D eigenvalue weighted by molar-refractivity contribution is -0.137. The zero-order chi connectivity index (χ0) is 17.1. The highest BCUT2D eigenvalue weighted by molar-refractivity contribution is 6.28. The second kappa shape index (κ2) is 7.11. The summed E-state index contributed by atoms with van der Waals surface area (Å²) < 4.78 is 0. The van der Waals surface area contributed by atoms with Gasteiger partial charge < -0.3 is 16.4 Å². The third-order valence-electron chi connectivity index (χ3n) is 4.66. The second-order valence-electron chi connectivity index (χ2n) is 6.14. The molecule has 0 aliphatic carbocycles. The van der Waals surface area contributed by atoms with Crippen LogP contribution in [0.1, 0.15) is 30.0 Å². The Morgan fingerprint density at radius 2 is 2.29 bits per heavy atom. The topological polar surface area (TPSA) is 105 Å². The van der Waals surface area contributed by atoms with E-state index in [-0.39, 0.29) is 11.9 Å². The molecule has 2 heterocycles. The summed E-state index contributed by atoms with van der Waals surface area (Å²) in [5.74, 6) is -0.594. The molecule has 2 aliphatic heterocycles. The molecule has 1 aromatic carbocycles. The van der Waals surface area contributed by atoms with Gasteiger partial charge in [0.2, 0.25) is 11.7 Å². The van der Waals surface area contributed by atoms with Crippen molar-refractivity contribution in [2.24, 2.45) is 5.73 Å². The van der Waals surface area contributed by atoms with Gasteiger partial charge in [-0.15, -0.1) is 0 Å². The number of nitrogens with two attached hydrogens (primary N) is 1. The molecule has 2 aliphatic rings. The first-order chi connectivity index (χ1) is 11.7. The average molecular weight is 330 g/mol. The smallest absolute Gasteiger partial charge is 0.237 e. The van der Waals surface area contributed by atoms with Crippen LogP contribution >= 0.6 is 0 Å². The molecule has 0 saturated carbocycles. The van der Waals surface area contributed by atoms with Crippen molar-refractivity contribution in [2.45, 2.75) is 31.5 Å². The Morgan fingerprint density at radius 1 is 1.46 bits per heavy atom. The van der Waals surface area contributed by atoms with Crippen molar-refractivity contribution < 1.29 is 14.4 Å². The van der Waals surface area contributed by atoms with Crippen molar-refractivity contribution in [3.63, 3.8) is 0 Å². The van der Waals surface area contributed by atoms with E-state index in [1.165, 1.54) is 0 Å². The Hall–Kier alpha value is -2.25. The molecule has 2 unspecified atom stereocenters. The van der Waals surface area contributed by atoms with Gasteiger partial charge in [-0.1, -0.05) is 12.1 Å². The zero-order valence-corrected chi connectivity index (χ0v) is 13.5. The molecule has 0 aromatic heterocycles. The van der Waals surface area contributed by atoms with Gasteiger partial charge >= 0.3 is 0 Å². The molecule has 1 amide bonds. The monoisotopic (exact) mass is 330 g/mol. The van der Waals surface area contributed by atoms with Gasteiger partial charge in [0, 0.05) is 37.4 Å². The van der Waals surface area contributed by atoms with E-state index in [1.807, 2.05) is 23.1 Å². The Bertz CT molecular complexity index is 661. The molecule has 24 heavy (non-hydrogen) atoms. The highest BCUT2D eigenvalue weighted by Gasteiger charge is 2.43. The number of fused-ring (bicyclic) bond motifs is 1.